The lowest BCUT2D eigenvalue weighted by atomic mass is 10.0. The first-order chi connectivity index (χ1) is 17.5. The number of nitrogens with one attached hydrogen (secondary N) is 1. The fourth-order valence-electron chi connectivity index (χ4n) is 4.14. The zero-order valence-electron chi connectivity index (χ0n) is 21.0. The Hall–Kier alpha value is -3.15. The van der Waals surface area contributed by atoms with Crippen LogP contribution in [0.3, 0.4) is 0 Å². The van der Waals surface area contributed by atoms with Gasteiger partial charge in [-0.05, 0) is 56.4 Å². The van der Waals surface area contributed by atoms with E-state index >= 15 is 4.39 Å². The van der Waals surface area contributed by atoms with Gasteiger partial charge in [0.25, 0.3) is 11.5 Å². The Labute approximate surface area is 214 Å². The zero-order chi connectivity index (χ0) is 26.8. The summed E-state index contributed by atoms with van der Waals surface area (Å²) >= 11 is 0. The number of aromatic nitrogens is 2. The Morgan fingerprint density at radius 3 is 2.62 bits per heavy atom. The number of benzene rings is 2. The van der Waals surface area contributed by atoms with Crippen molar-refractivity contribution in [2.75, 3.05) is 12.9 Å². The molecule has 1 amide bonds. The first kappa shape index (κ1) is 26.9. The molecule has 0 aliphatic carbocycles. The molecule has 1 aromatic heterocycles. The van der Waals surface area contributed by atoms with Crippen LogP contribution in [0, 0.1) is 12.7 Å². The average molecular weight is 532 g/mol. The van der Waals surface area contributed by atoms with E-state index in [4.69, 9.17) is 9.57 Å². The van der Waals surface area contributed by atoms with Crippen molar-refractivity contribution < 1.29 is 27.2 Å². The molecule has 0 saturated carbocycles. The second kappa shape index (κ2) is 10.7. The van der Waals surface area contributed by atoms with Gasteiger partial charge in [0.1, 0.15) is 11.2 Å². The SMILES string of the molecule is Cc1ccc(-c2cc(F)c3c(=O)n(CC[C@](C)(C(=O)NOC4CCCCO4)S(C)(=O)=O)cnc3c2)cc1. The van der Waals surface area contributed by atoms with Gasteiger partial charge in [0.05, 0.1) is 11.8 Å². The molecule has 1 fully saturated rings. The first-order valence-electron chi connectivity index (χ1n) is 12.0. The van der Waals surface area contributed by atoms with Gasteiger partial charge in [-0.25, -0.2) is 28.1 Å². The summed E-state index contributed by atoms with van der Waals surface area (Å²) in [5.74, 6) is -1.61. The highest BCUT2D eigenvalue weighted by Gasteiger charge is 2.44. The number of fused-ring (bicyclic) bond motifs is 1. The molecule has 37 heavy (non-hydrogen) atoms. The molecule has 2 heterocycles. The smallest absolute Gasteiger partial charge is 0.264 e. The summed E-state index contributed by atoms with van der Waals surface area (Å²) in [6.07, 6.45) is 3.59. The van der Waals surface area contributed by atoms with Crippen molar-refractivity contribution >= 4 is 26.6 Å². The van der Waals surface area contributed by atoms with Crippen molar-refractivity contribution in [3.05, 3.63) is 64.5 Å². The molecule has 1 N–H and O–H groups in total. The van der Waals surface area contributed by atoms with Gasteiger partial charge in [-0.3, -0.25) is 14.2 Å². The lowest BCUT2D eigenvalue weighted by molar-refractivity contribution is -0.201. The lowest BCUT2D eigenvalue weighted by Crippen LogP contribution is -2.51. The lowest BCUT2D eigenvalue weighted by Gasteiger charge is -2.28. The number of amides is 1. The van der Waals surface area contributed by atoms with Gasteiger partial charge >= 0.3 is 0 Å². The van der Waals surface area contributed by atoms with Crippen LogP contribution in [0.15, 0.2) is 47.5 Å². The Balaban J connectivity index is 1.56. The molecule has 0 bridgehead atoms. The van der Waals surface area contributed by atoms with Crippen molar-refractivity contribution in [1.82, 2.24) is 15.0 Å². The quantitative estimate of drug-likeness (QED) is 0.444. The predicted octanol–water partition coefficient (Wildman–Crippen LogP) is 3.28. The van der Waals surface area contributed by atoms with Crippen LogP contribution in [0.5, 0.6) is 0 Å². The zero-order valence-corrected chi connectivity index (χ0v) is 21.8. The van der Waals surface area contributed by atoms with E-state index in [-0.39, 0.29) is 23.9 Å². The van der Waals surface area contributed by atoms with E-state index in [9.17, 15) is 18.0 Å². The third-order valence-corrected chi connectivity index (χ3v) is 8.84. The number of hydroxylamine groups is 1. The van der Waals surface area contributed by atoms with Crippen LogP contribution in [0.1, 0.15) is 38.2 Å². The summed E-state index contributed by atoms with van der Waals surface area (Å²) in [7, 11) is -3.93. The summed E-state index contributed by atoms with van der Waals surface area (Å²) < 4.78 is 44.9. The molecule has 1 aliphatic rings. The van der Waals surface area contributed by atoms with Crippen LogP contribution >= 0.6 is 0 Å². The normalized spacial score (nSPS) is 17.9. The maximum atomic E-state index is 15.1. The highest BCUT2D eigenvalue weighted by molar-refractivity contribution is 7.92. The second-order valence-electron chi connectivity index (χ2n) is 9.56. The van der Waals surface area contributed by atoms with Crippen LogP contribution in [-0.4, -0.2) is 47.8 Å². The van der Waals surface area contributed by atoms with Crippen molar-refractivity contribution in [2.24, 2.45) is 0 Å². The number of carbonyl (C=O) groups is 1. The van der Waals surface area contributed by atoms with Gasteiger partial charge < -0.3 is 4.74 Å². The van der Waals surface area contributed by atoms with Crippen molar-refractivity contribution in [1.29, 1.82) is 0 Å². The first-order valence-corrected chi connectivity index (χ1v) is 13.9. The molecule has 1 unspecified atom stereocenters. The molecule has 1 saturated heterocycles. The Morgan fingerprint density at radius 2 is 1.97 bits per heavy atom. The van der Waals surface area contributed by atoms with Gasteiger partial charge in [0.2, 0.25) is 0 Å². The molecule has 198 valence electrons. The van der Waals surface area contributed by atoms with Crippen LogP contribution in [0.4, 0.5) is 4.39 Å². The number of rotatable bonds is 8. The minimum Gasteiger partial charge on any atom is -0.350 e. The van der Waals surface area contributed by atoms with Crippen LogP contribution in [0.2, 0.25) is 0 Å². The van der Waals surface area contributed by atoms with Crippen LogP contribution in [-0.2, 0) is 30.8 Å². The fraction of sp³-hybridized carbons (Fsp3) is 0.423. The summed E-state index contributed by atoms with van der Waals surface area (Å²) in [6, 6.07) is 10.4. The predicted molar refractivity (Wildman–Crippen MR) is 137 cm³/mol. The molecule has 2 atom stereocenters. The Kier molecular flexibility index (Phi) is 7.77. The van der Waals surface area contributed by atoms with Gasteiger partial charge in [0, 0.05) is 25.8 Å². The molecular weight excluding hydrogens is 501 g/mol. The monoisotopic (exact) mass is 531 g/mol. The number of carbonyl (C=O) groups excluding carboxylic acids is 1. The molecule has 9 nitrogen and oxygen atoms in total. The number of halogens is 1. The third-order valence-electron chi connectivity index (χ3n) is 6.81. The number of aryl methyl sites for hydroxylation is 2. The van der Waals surface area contributed by atoms with Crippen LogP contribution < -0.4 is 11.0 Å². The van der Waals surface area contributed by atoms with Crippen molar-refractivity contribution in [2.45, 2.75) is 57.1 Å². The van der Waals surface area contributed by atoms with E-state index in [1.807, 2.05) is 31.2 Å². The van der Waals surface area contributed by atoms with Crippen molar-refractivity contribution in [3.63, 3.8) is 0 Å². The molecule has 0 spiro atoms. The van der Waals surface area contributed by atoms with Gasteiger partial charge in [-0.1, -0.05) is 29.8 Å². The second-order valence-corrected chi connectivity index (χ2v) is 12.0. The number of nitrogens with zero attached hydrogens (tertiary/aromatic N) is 2. The summed E-state index contributed by atoms with van der Waals surface area (Å²) in [5.41, 5.74) is 4.16. The maximum Gasteiger partial charge on any atom is 0.264 e. The van der Waals surface area contributed by atoms with E-state index in [0.29, 0.717) is 18.6 Å². The molecule has 3 aromatic rings. The highest BCUT2D eigenvalue weighted by Crippen LogP contribution is 2.26. The molecule has 0 radical (unpaired) electrons. The number of hydrogen-bond donors (Lipinski definition) is 1. The minimum absolute atomic E-state index is 0.182. The Bertz CT molecular complexity index is 1470. The van der Waals surface area contributed by atoms with E-state index in [2.05, 4.69) is 10.5 Å². The average Bonchev–Trinajstić information content (AvgIpc) is 2.86. The van der Waals surface area contributed by atoms with E-state index < -0.39 is 38.2 Å². The van der Waals surface area contributed by atoms with Gasteiger partial charge in [-0.15, -0.1) is 0 Å². The number of hydrogen-bond acceptors (Lipinski definition) is 7. The van der Waals surface area contributed by atoms with Crippen molar-refractivity contribution in [3.8, 4) is 11.1 Å². The maximum absolute atomic E-state index is 15.1. The van der Waals surface area contributed by atoms with E-state index in [0.717, 1.165) is 34.8 Å². The summed E-state index contributed by atoms with van der Waals surface area (Å²) in [6.45, 7) is 3.52. The summed E-state index contributed by atoms with van der Waals surface area (Å²) in [5, 5.41) is -0.207. The standard InChI is InChI=1S/C26H30FN3O6S/c1-17-7-9-18(10-8-17)19-14-20(27)23-21(15-19)28-16-30(24(23)31)12-11-26(2,37(3,33)34)25(32)29-36-22-6-4-5-13-35-22/h7-10,14-16,22H,4-6,11-13H2,1-3H3,(H,29,32)/t22?,26-/m1/s1. The van der Waals surface area contributed by atoms with Gasteiger partial charge in [0.15, 0.2) is 20.9 Å². The molecular formula is C26H30FN3O6S. The fourth-order valence-corrected chi connectivity index (χ4v) is 4.98. The molecule has 2 aromatic carbocycles. The summed E-state index contributed by atoms with van der Waals surface area (Å²) in [4.78, 5) is 35.5. The number of ether oxygens (including phenoxy) is 1. The molecule has 11 heteroatoms. The van der Waals surface area contributed by atoms with Gasteiger partial charge in [-0.2, -0.15) is 0 Å². The number of sulfone groups is 1. The largest absolute Gasteiger partial charge is 0.350 e. The molecule has 1 aliphatic heterocycles. The minimum atomic E-state index is -3.93. The van der Waals surface area contributed by atoms with Crippen LogP contribution in [0.25, 0.3) is 22.0 Å². The topological polar surface area (TPSA) is 117 Å². The van der Waals surface area contributed by atoms with E-state index in [1.54, 1.807) is 6.07 Å². The third kappa shape index (κ3) is 5.73. The Morgan fingerprint density at radius 1 is 1.24 bits per heavy atom. The highest BCUT2D eigenvalue weighted by atomic mass is 32.2. The molecule has 4 rings (SSSR count). The van der Waals surface area contributed by atoms with E-state index in [1.165, 1.54) is 19.3 Å².